The Kier molecular flexibility index (Phi) is 9.11. The highest BCUT2D eigenvalue weighted by atomic mass is 35.5. The molecule has 5 rings (SSSR count). The summed E-state index contributed by atoms with van der Waals surface area (Å²) in [6.07, 6.45) is 4.85. The zero-order valence-corrected chi connectivity index (χ0v) is 27.5. The van der Waals surface area contributed by atoms with Gasteiger partial charge in [-0.25, -0.2) is 9.37 Å². The summed E-state index contributed by atoms with van der Waals surface area (Å²) < 4.78 is 17.1. The number of aromatic nitrogens is 2. The molecule has 0 aliphatic carbocycles. The maximum absolute atomic E-state index is 15.7. The van der Waals surface area contributed by atoms with Crippen LogP contribution in [0.25, 0.3) is 28.0 Å². The third kappa shape index (κ3) is 5.42. The summed E-state index contributed by atoms with van der Waals surface area (Å²) >= 11 is 25.4. The lowest BCUT2D eigenvalue weighted by Crippen LogP contribution is -2.49. The smallest absolute Gasteiger partial charge is 0.276 e. The second-order valence-electron chi connectivity index (χ2n) is 11.0. The van der Waals surface area contributed by atoms with Crippen LogP contribution in [0.3, 0.4) is 0 Å². The Morgan fingerprint density at radius 3 is 2.47 bits per heavy atom. The van der Waals surface area contributed by atoms with E-state index in [0.29, 0.717) is 42.9 Å². The van der Waals surface area contributed by atoms with Crippen LogP contribution < -0.4 is 21.5 Å². The van der Waals surface area contributed by atoms with Crippen molar-refractivity contribution >= 4 is 80.4 Å². The molecule has 4 heterocycles. The van der Waals surface area contributed by atoms with Crippen LogP contribution in [-0.2, 0) is 4.79 Å². The molecule has 2 aliphatic rings. The quantitative estimate of drug-likeness (QED) is 0.136. The van der Waals surface area contributed by atoms with Gasteiger partial charge in [0.05, 0.1) is 54.5 Å². The SMILES string of the molecule is C=CC(=O)N1CCN(c2c(C#N)c(=O)n(C3=C(C)C=CNC3C(C)C)c3nc(-c4c(N)c(Cl)c(Cl)c(Cl)c4F)c(Cl)cc23)CC1. The van der Waals surface area contributed by atoms with Gasteiger partial charge in [0.25, 0.3) is 5.56 Å². The monoisotopic (exact) mass is 689 g/mol. The Bertz CT molecular complexity index is 1910. The Hall–Kier alpha value is -3.75. The molecule has 1 amide bonds. The fraction of sp³-hybridized carbons (Fsp3) is 0.290. The van der Waals surface area contributed by atoms with Crippen molar-refractivity contribution in [3.63, 3.8) is 0 Å². The summed E-state index contributed by atoms with van der Waals surface area (Å²) in [5, 5.41) is 13.1. The number of allylic oxidation sites excluding steroid dienone is 2. The van der Waals surface area contributed by atoms with Gasteiger partial charge in [-0.2, -0.15) is 5.26 Å². The summed E-state index contributed by atoms with van der Waals surface area (Å²) in [5.74, 6) is -1.19. The van der Waals surface area contributed by atoms with Crippen molar-refractivity contribution < 1.29 is 9.18 Å². The molecule has 45 heavy (non-hydrogen) atoms. The number of benzene rings is 1. The molecule has 3 aromatic rings. The van der Waals surface area contributed by atoms with Gasteiger partial charge in [-0.15, -0.1) is 0 Å². The van der Waals surface area contributed by atoms with Crippen molar-refractivity contribution in [3.05, 3.63) is 78.4 Å². The number of nitrogens with one attached hydrogen (secondary N) is 1. The Labute approximate surface area is 278 Å². The Balaban J connectivity index is 1.90. The van der Waals surface area contributed by atoms with Crippen LogP contribution in [0.1, 0.15) is 26.3 Å². The van der Waals surface area contributed by atoms with Gasteiger partial charge in [0.1, 0.15) is 17.3 Å². The van der Waals surface area contributed by atoms with E-state index in [1.165, 1.54) is 16.7 Å². The number of nitrogens with zero attached hydrogens (tertiary/aromatic N) is 5. The molecule has 1 saturated heterocycles. The third-order valence-corrected chi connectivity index (χ3v) is 9.63. The number of carbonyl (C=O) groups excluding carboxylic acids is 1. The minimum absolute atomic E-state index is 0.0104. The molecular weight excluding hydrogens is 663 g/mol. The molecule has 1 aromatic carbocycles. The highest BCUT2D eigenvalue weighted by Crippen LogP contribution is 2.46. The number of rotatable bonds is 5. The summed E-state index contributed by atoms with van der Waals surface area (Å²) in [6.45, 7) is 10.7. The first kappa shape index (κ1) is 32.6. The first-order valence-corrected chi connectivity index (χ1v) is 15.5. The second-order valence-corrected chi connectivity index (χ2v) is 12.6. The number of nitriles is 1. The van der Waals surface area contributed by atoms with Gasteiger partial charge in [-0.3, -0.25) is 14.2 Å². The van der Waals surface area contributed by atoms with E-state index in [1.807, 2.05) is 31.7 Å². The maximum Gasteiger partial charge on any atom is 0.276 e. The maximum atomic E-state index is 15.7. The summed E-state index contributed by atoms with van der Waals surface area (Å²) in [5.41, 5.74) is 6.58. The third-order valence-electron chi connectivity index (χ3n) is 8.03. The van der Waals surface area contributed by atoms with E-state index in [1.54, 1.807) is 11.1 Å². The lowest BCUT2D eigenvalue weighted by Gasteiger charge is -2.37. The number of hydrogen-bond acceptors (Lipinski definition) is 7. The summed E-state index contributed by atoms with van der Waals surface area (Å²) in [6, 6.07) is 3.29. The fourth-order valence-corrected chi connectivity index (χ4v) is 6.62. The molecule has 0 spiro atoms. The van der Waals surface area contributed by atoms with Crippen molar-refractivity contribution in [2.45, 2.75) is 26.8 Å². The van der Waals surface area contributed by atoms with Gasteiger partial charge in [0.15, 0.2) is 5.82 Å². The first-order valence-electron chi connectivity index (χ1n) is 13.9. The number of nitrogens with two attached hydrogens (primary N) is 1. The van der Waals surface area contributed by atoms with E-state index < -0.39 is 16.4 Å². The van der Waals surface area contributed by atoms with Crippen molar-refractivity contribution in [2.75, 3.05) is 36.8 Å². The van der Waals surface area contributed by atoms with E-state index in [-0.39, 0.29) is 61.1 Å². The molecule has 0 radical (unpaired) electrons. The van der Waals surface area contributed by atoms with E-state index in [4.69, 9.17) is 57.1 Å². The average Bonchev–Trinajstić information content (AvgIpc) is 3.02. The van der Waals surface area contributed by atoms with Gasteiger partial charge < -0.3 is 20.9 Å². The number of halogens is 5. The van der Waals surface area contributed by atoms with Crippen LogP contribution in [0.15, 0.2) is 41.4 Å². The first-order chi connectivity index (χ1) is 21.3. The van der Waals surface area contributed by atoms with Crippen molar-refractivity contribution in [3.8, 4) is 17.3 Å². The molecule has 3 N–H and O–H groups in total. The number of nitrogen functional groups attached to an aromatic ring is 1. The predicted octanol–water partition coefficient (Wildman–Crippen LogP) is 6.48. The van der Waals surface area contributed by atoms with Gasteiger partial charge in [0.2, 0.25) is 5.91 Å². The van der Waals surface area contributed by atoms with Gasteiger partial charge in [-0.1, -0.05) is 66.8 Å². The minimum Gasteiger partial charge on any atom is -0.397 e. The summed E-state index contributed by atoms with van der Waals surface area (Å²) in [7, 11) is 0. The van der Waals surface area contributed by atoms with E-state index in [2.05, 4.69) is 18.0 Å². The van der Waals surface area contributed by atoms with E-state index >= 15 is 4.39 Å². The molecule has 0 bridgehead atoms. The fourth-order valence-electron chi connectivity index (χ4n) is 5.77. The molecule has 1 unspecified atom stereocenters. The molecule has 14 heteroatoms. The zero-order valence-electron chi connectivity index (χ0n) is 24.5. The van der Waals surface area contributed by atoms with E-state index in [0.717, 1.165) is 5.57 Å². The molecule has 0 saturated carbocycles. The van der Waals surface area contributed by atoms with Crippen LogP contribution in [0.2, 0.25) is 20.1 Å². The molecule has 234 valence electrons. The van der Waals surface area contributed by atoms with Crippen LogP contribution >= 0.6 is 46.4 Å². The highest BCUT2D eigenvalue weighted by Gasteiger charge is 2.33. The number of fused-ring (bicyclic) bond motifs is 1. The number of carbonyl (C=O) groups is 1. The lowest BCUT2D eigenvalue weighted by molar-refractivity contribution is -0.126. The minimum atomic E-state index is -0.985. The van der Waals surface area contributed by atoms with E-state index in [9.17, 15) is 14.9 Å². The number of anilines is 2. The van der Waals surface area contributed by atoms with Crippen molar-refractivity contribution in [2.24, 2.45) is 5.92 Å². The largest absolute Gasteiger partial charge is 0.397 e. The van der Waals surface area contributed by atoms with Gasteiger partial charge in [0, 0.05) is 31.6 Å². The van der Waals surface area contributed by atoms with Crippen LogP contribution in [-0.4, -0.2) is 52.6 Å². The van der Waals surface area contributed by atoms with Gasteiger partial charge >= 0.3 is 0 Å². The van der Waals surface area contributed by atoms with Crippen LogP contribution in [0.4, 0.5) is 15.8 Å². The van der Waals surface area contributed by atoms with Crippen molar-refractivity contribution in [1.82, 2.24) is 19.8 Å². The van der Waals surface area contributed by atoms with Gasteiger partial charge in [-0.05, 0) is 42.8 Å². The predicted molar refractivity (Wildman–Crippen MR) is 179 cm³/mol. The van der Waals surface area contributed by atoms with Crippen molar-refractivity contribution in [1.29, 1.82) is 5.26 Å². The molecule has 1 atom stereocenters. The number of piperazine rings is 1. The Morgan fingerprint density at radius 2 is 1.87 bits per heavy atom. The normalized spacial score (nSPS) is 16.8. The molecule has 1 fully saturated rings. The highest BCUT2D eigenvalue weighted by molar-refractivity contribution is 6.49. The van der Waals surface area contributed by atoms with Crippen LogP contribution in [0.5, 0.6) is 0 Å². The Morgan fingerprint density at radius 1 is 1.20 bits per heavy atom. The topological polar surface area (TPSA) is 120 Å². The number of dihydropyridines is 1. The zero-order chi connectivity index (χ0) is 32.9. The lowest BCUT2D eigenvalue weighted by atomic mass is 9.94. The average molecular weight is 691 g/mol. The molecule has 2 aliphatic heterocycles. The molecule has 2 aromatic heterocycles. The standard InChI is InChI=1S/C31H28Cl4FN7O2/c1-5-19(44)41-8-10-42(11-9-41)29-16-12-18(32)27(20-24(36)22(34)21(33)23(35)25(20)38)40-30(16)43(31(45)17(29)13-37)28-15(4)6-7-39-26(28)14(2)3/h5-7,12,14,26,39H,1,8-11,38H2,2-4H3. The number of amides is 1. The second kappa shape index (κ2) is 12.6. The number of hydrogen-bond donors (Lipinski definition) is 2. The molecular formula is C31H28Cl4FN7O2. The van der Waals surface area contributed by atoms with Crippen LogP contribution in [0, 0.1) is 23.1 Å². The summed E-state index contributed by atoms with van der Waals surface area (Å²) in [4.78, 5) is 35.0. The number of pyridine rings is 2. The molecule has 9 nitrogen and oxygen atoms in total.